The van der Waals surface area contributed by atoms with Gasteiger partial charge in [-0.3, -0.25) is 0 Å². The molecule has 0 spiro atoms. The zero-order valence-corrected chi connectivity index (χ0v) is 9.62. The molecule has 0 saturated carbocycles. The number of halogens is 1. The molecule has 0 aliphatic heterocycles. The van der Waals surface area contributed by atoms with Crippen molar-refractivity contribution in [3.8, 4) is 5.75 Å². The zero-order valence-electron chi connectivity index (χ0n) is 9.62. The van der Waals surface area contributed by atoms with Crippen molar-refractivity contribution >= 4 is 17.3 Å². The first-order valence-corrected chi connectivity index (χ1v) is 5.30. The van der Waals surface area contributed by atoms with Gasteiger partial charge >= 0.3 is 5.97 Å². The smallest absolute Gasteiger partial charge is 0.335 e. The first-order chi connectivity index (χ1) is 9.06. The van der Waals surface area contributed by atoms with Gasteiger partial charge in [-0.2, -0.15) is 10.2 Å². The molecule has 0 aliphatic carbocycles. The summed E-state index contributed by atoms with van der Waals surface area (Å²) in [5, 5.41) is 25.3. The zero-order chi connectivity index (χ0) is 13.8. The second kappa shape index (κ2) is 5.26. The van der Waals surface area contributed by atoms with Crippen LogP contribution in [0.1, 0.15) is 10.4 Å². The molecule has 6 heteroatoms. The van der Waals surface area contributed by atoms with E-state index in [1.807, 2.05) is 0 Å². The Morgan fingerprint density at radius 2 is 1.58 bits per heavy atom. The lowest BCUT2D eigenvalue weighted by atomic mass is 10.2. The highest BCUT2D eigenvalue weighted by molar-refractivity contribution is 5.87. The third-order valence-electron chi connectivity index (χ3n) is 2.33. The van der Waals surface area contributed by atoms with Gasteiger partial charge in [-0.15, -0.1) is 0 Å². The van der Waals surface area contributed by atoms with E-state index in [9.17, 15) is 9.18 Å². The predicted molar refractivity (Wildman–Crippen MR) is 65.6 cm³/mol. The summed E-state index contributed by atoms with van der Waals surface area (Å²) in [7, 11) is 0. The highest BCUT2D eigenvalue weighted by atomic mass is 19.1. The quantitative estimate of drug-likeness (QED) is 0.826. The van der Waals surface area contributed by atoms with Gasteiger partial charge in [0, 0.05) is 6.07 Å². The lowest BCUT2D eigenvalue weighted by Gasteiger charge is -1.97. The van der Waals surface area contributed by atoms with Gasteiger partial charge in [-0.1, -0.05) is 0 Å². The minimum Gasteiger partial charge on any atom is -0.505 e. The van der Waals surface area contributed by atoms with E-state index in [0.717, 1.165) is 6.07 Å². The van der Waals surface area contributed by atoms with Crippen LogP contribution in [0.2, 0.25) is 0 Å². The van der Waals surface area contributed by atoms with Gasteiger partial charge in [0.05, 0.1) is 16.9 Å². The summed E-state index contributed by atoms with van der Waals surface area (Å²) in [4.78, 5) is 10.6. The number of benzene rings is 2. The Hall–Kier alpha value is -2.76. The molecule has 2 aromatic rings. The Balaban J connectivity index is 2.17. The number of aromatic carboxylic acids is 1. The lowest BCUT2D eigenvalue weighted by molar-refractivity contribution is 0.0697. The van der Waals surface area contributed by atoms with Crippen molar-refractivity contribution < 1.29 is 19.4 Å². The van der Waals surface area contributed by atoms with Gasteiger partial charge in [0.1, 0.15) is 0 Å². The molecular formula is C13H9FN2O3. The maximum absolute atomic E-state index is 13.0. The summed E-state index contributed by atoms with van der Waals surface area (Å²) < 4.78 is 13.0. The van der Waals surface area contributed by atoms with E-state index >= 15 is 0 Å². The number of phenolic OH excluding ortho intramolecular Hbond substituents is 1. The predicted octanol–water partition coefficient (Wildman–Crippen LogP) is 3.64. The molecule has 2 rings (SSSR count). The number of rotatable bonds is 3. The molecule has 0 aliphatic rings. The van der Waals surface area contributed by atoms with Crippen LogP contribution in [0.3, 0.4) is 0 Å². The van der Waals surface area contributed by atoms with Crippen LogP contribution in [-0.4, -0.2) is 16.2 Å². The Morgan fingerprint density at radius 3 is 2.16 bits per heavy atom. The van der Waals surface area contributed by atoms with Crippen molar-refractivity contribution in [2.24, 2.45) is 10.2 Å². The maximum atomic E-state index is 13.0. The van der Waals surface area contributed by atoms with Crippen LogP contribution >= 0.6 is 0 Å². The SMILES string of the molecule is O=C(O)c1ccc(N=Nc2ccc(O)c(F)c2)cc1. The largest absolute Gasteiger partial charge is 0.505 e. The average Bonchev–Trinajstić information content (AvgIpc) is 2.40. The molecule has 0 atom stereocenters. The fraction of sp³-hybridized carbons (Fsp3) is 0. The van der Waals surface area contributed by atoms with Gasteiger partial charge in [-0.25, -0.2) is 9.18 Å². The summed E-state index contributed by atoms with van der Waals surface area (Å²) in [6.45, 7) is 0. The molecule has 2 N–H and O–H groups in total. The van der Waals surface area contributed by atoms with Crippen LogP contribution in [0, 0.1) is 5.82 Å². The van der Waals surface area contributed by atoms with E-state index in [0.29, 0.717) is 5.69 Å². The minimum absolute atomic E-state index is 0.148. The normalized spacial score (nSPS) is 10.8. The molecule has 0 bridgehead atoms. The number of carbonyl (C=O) groups is 1. The standard InChI is InChI=1S/C13H9FN2O3/c14-11-7-10(5-6-12(11)17)16-15-9-3-1-8(2-4-9)13(18)19/h1-7,17H,(H,18,19). The van der Waals surface area contributed by atoms with Crippen LogP contribution in [-0.2, 0) is 0 Å². The minimum atomic E-state index is -1.02. The number of carboxylic acid groups (broad SMARTS) is 1. The van der Waals surface area contributed by atoms with E-state index < -0.39 is 17.5 Å². The van der Waals surface area contributed by atoms with E-state index in [2.05, 4.69) is 10.2 Å². The maximum Gasteiger partial charge on any atom is 0.335 e. The summed E-state index contributed by atoms with van der Waals surface area (Å²) in [6.07, 6.45) is 0. The van der Waals surface area contributed by atoms with Crippen LogP contribution < -0.4 is 0 Å². The molecule has 0 aromatic heterocycles. The highest BCUT2D eigenvalue weighted by Gasteiger charge is 2.02. The van der Waals surface area contributed by atoms with Crippen LogP contribution in [0.5, 0.6) is 5.75 Å². The monoisotopic (exact) mass is 260 g/mol. The Labute approximate surface area is 107 Å². The lowest BCUT2D eigenvalue weighted by Crippen LogP contribution is -1.93. The van der Waals surface area contributed by atoms with Crippen LogP contribution in [0.25, 0.3) is 0 Å². The van der Waals surface area contributed by atoms with Crippen molar-refractivity contribution in [3.63, 3.8) is 0 Å². The van der Waals surface area contributed by atoms with Gasteiger partial charge in [0.2, 0.25) is 0 Å². The molecular weight excluding hydrogens is 251 g/mol. The second-order valence-corrected chi connectivity index (χ2v) is 3.69. The molecule has 0 radical (unpaired) electrons. The van der Waals surface area contributed by atoms with E-state index in [1.165, 1.54) is 36.4 Å². The van der Waals surface area contributed by atoms with Crippen LogP contribution in [0.15, 0.2) is 52.7 Å². The number of nitrogens with zero attached hydrogens (tertiary/aromatic N) is 2. The Morgan fingerprint density at radius 1 is 1.00 bits per heavy atom. The highest BCUT2D eigenvalue weighted by Crippen LogP contribution is 2.23. The van der Waals surface area contributed by atoms with Crippen molar-refractivity contribution in [2.75, 3.05) is 0 Å². The third kappa shape index (κ3) is 3.12. The molecule has 0 unspecified atom stereocenters. The van der Waals surface area contributed by atoms with Crippen molar-refractivity contribution in [1.29, 1.82) is 0 Å². The van der Waals surface area contributed by atoms with Crippen molar-refractivity contribution in [1.82, 2.24) is 0 Å². The number of hydrogen-bond donors (Lipinski definition) is 2. The van der Waals surface area contributed by atoms with Gasteiger partial charge in [0.15, 0.2) is 11.6 Å². The molecule has 5 nitrogen and oxygen atoms in total. The van der Waals surface area contributed by atoms with Crippen LogP contribution in [0.4, 0.5) is 15.8 Å². The number of phenols is 1. The molecule has 0 fully saturated rings. The number of hydrogen-bond acceptors (Lipinski definition) is 4. The first kappa shape index (κ1) is 12.7. The Kier molecular flexibility index (Phi) is 3.51. The van der Waals surface area contributed by atoms with Gasteiger partial charge < -0.3 is 10.2 Å². The van der Waals surface area contributed by atoms with Crippen molar-refractivity contribution in [2.45, 2.75) is 0 Å². The third-order valence-corrected chi connectivity index (χ3v) is 2.33. The summed E-state index contributed by atoms with van der Waals surface area (Å²) >= 11 is 0. The summed E-state index contributed by atoms with van der Waals surface area (Å²) in [5.41, 5.74) is 0.839. The topological polar surface area (TPSA) is 82.2 Å². The molecule has 96 valence electrons. The van der Waals surface area contributed by atoms with Crippen molar-refractivity contribution in [3.05, 3.63) is 53.8 Å². The molecule has 19 heavy (non-hydrogen) atoms. The number of carboxylic acids is 1. The molecule has 0 heterocycles. The number of aromatic hydroxyl groups is 1. The molecule has 0 amide bonds. The molecule has 2 aromatic carbocycles. The average molecular weight is 260 g/mol. The fourth-order valence-corrected chi connectivity index (χ4v) is 1.34. The van der Waals surface area contributed by atoms with Gasteiger partial charge in [0.25, 0.3) is 0 Å². The summed E-state index contributed by atoms with van der Waals surface area (Å²) in [6, 6.07) is 9.41. The fourth-order valence-electron chi connectivity index (χ4n) is 1.34. The first-order valence-electron chi connectivity index (χ1n) is 5.30. The van der Waals surface area contributed by atoms with E-state index in [4.69, 9.17) is 10.2 Å². The number of azo groups is 1. The second-order valence-electron chi connectivity index (χ2n) is 3.69. The van der Waals surface area contributed by atoms with Gasteiger partial charge in [-0.05, 0) is 36.4 Å². The summed E-state index contributed by atoms with van der Waals surface area (Å²) in [5.74, 6) is -2.26. The van der Waals surface area contributed by atoms with E-state index in [-0.39, 0.29) is 11.3 Å². The van der Waals surface area contributed by atoms with E-state index in [1.54, 1.807) is 0 Å². The molecule has 0 saturated heterocycles. The Bertz CT molecular complexity index is 639.